The monoisotopic (exact) mass is 173 g/mol. The van der Waals surface area contributed by atoms with Crippen molar-refractivity contribution in [2.24, 2.45) is 17.6 Å². The molecule has 1 atom stereocenters. The second-order valence-electron chi connectivity index (χ2n) is 3.11. The molecule has 1 amide bonds. The minimum Gasteiger partial charge on any atom is -0.468 e. The Kier molecular flexibility index (Phi) is 4.33. The van der Waals surface area contributed by atoms with Crippen molar-refractivity contribution < 1.29 is 14.3 Å². The number of hydrogen-bond donors (Lipinski definition) is 1. The van der Waals surface area contributed by atoms with Gasteiger partial charge in [0.1, 0.15) is 5.92 Å². The molecule has 0 aromatic heterocycles. The molecule has 0 saturated heterocycles. The van der Waals surface area contributed by atoms with E-state index in [0.29, 0.717) is 6.42 Å². The molecule has 0 rings (SSSR count). The Morgan fingerprint density at radius 3 is 2.17 bits per heavy atom. The summed E-state index contributed by atoms with van der Waals surface area (Å²) in [6.07, 6.45) is 0.446. The van der Waals surface area contributed by atoms with Crippen LogP contribution >= 0.6 is 0 Å². The molecule has 0 saturated carbocycles. The highest BCUT2D eigenvalue weighted by Crippen LogP contribution is 2.12. The summed E-state index contributed by atoms with van der Waals surface area (Å²) in [6.45, 7) is 3.83. The predicted octanol–water partition coefficient (Wildman–Crippen LogP) is 0.307. The van der Waals surface area contributed by atoms with Crippen LogP contribution in [0.5, 0.6) is 0 Å². The Morgan fingerprint density at radius 2 is 1.92 bits per heavy atom. The summed E-state index contributed by atoms with van der Waals surface area (Å²) >= 11 is 0. The van der Waals surface area contributed by atoms with Crippen molar-refractivity contribution in [1.82, 2.24) is 0 Å². The number of esters is 1. The summed E-state index contributed by atoms with van der Waals surface area (Å²) in [7, 11) is 1.25. The third-order valence-electron chi connectivity index (χ3n) is 1.54. The lowest BCUT2D eigenvalue weighted by atomic mass is 9.97. The van der Waals surface area contributed by atoms with Gasteiger partial charge in [-0.25, -0.2) is 0 Å². The number of carbonyl (C=O) groups excluding carboxylic acids is 2. The highest BCUT2D eigenvalue weighted by Gasteiger charge is 2.25. The molecule has 4 nitrogen and oxygen atoms in total. The molecule has 0 bridgehead atoms. The number of nitrogens with two attached hydrogens (primary N) is 1. The summed E-state index contributed by atoms with van der Waals surface area (Å²) in [5.74, 6) is -1.71. The van der Waals surface area contributed by atoms with E-state index in [1.165, 1.54) is 7.11 Å². The van der Waals surface area contributed by atoms with Crippen molar-refractivity contribution in [3.63, 3.8) is 0 Å². The Balaban J connectivity index is 4.23. The standard InChI is InChI=1S/C8H15NO3/c1-5(2)4-6(7(9)10)8(11)12-3/h5-6H,4H2,1-3H3,(H2,9,10). The number of primary amides is 1. The molecule has 0 aliphatic heterocycles. The zero-order chi connectivity index (χ0) is 9.72. The Bertz CT molecular complexity index is 177. The number of ether oxygens (including phenoxy) is 1. The topological polar surface area (TPSA) is 69.4 Å². The van der Waals surface area contributed by atoms with E-state index in [2.05, 4.69) is 4.74 Å². The molecule has 4 heteroatoms. The van der Waals surface area contributed by atoms with E-state index >= 15 is 0 Å². The molecule has 0 aromatic rings. The van der Waals surface area contributed by atoms with E-state index < -0.39 is 17.8 Å². The SMILES string of the molecule is COC(=O)C(CC(C)C)C(N)=O. The number of amides is 1. The predicted molar refractivity (Wildman–Crippen MR) is 44.2 cm³/mol. The third-order valence-corrected chi connectivity index (χ3v) is 1.54. The molecule has 12 heavy (non-hydrogen) atoms. The lowest BCUT2D eigenvalue weighted by Gasteiger charge is -2.12. The fourth-order valence-electron chi connectivity index (χ4n) is 0.942. The van der Waals surface area contributed by atoms with E-state index in [9.17, 15) is 9.59 Å². The quantitative estimate of drug-likeness (QED) is 0.491. The molecule has 0 aromatic carbocycles. The average molecular weight is 173 g/mol. The van der Waals surface area contributed by atoms with Crippen molar-refractivity contribution in [1.29, 1.82) is 0 Å². The first-order valence-corrected chi connectivity index (χ1v) is 3.86. The van der Waals surface area contributed by atoms with Crippen LogP contribution in [0.2, 0.25) is 0 Å². The number of carbonyl (C=O) groups is 2. The van der Waals surface area contributed by atoms with Crippen molar-refractivity contribution in [2.75, 3.05) is 7.11 Å². The van der Waals surface area contributed by atoms with Crippen LogP contribution in [0.3, 0.4) is 0 Å². The van der Waals surface area contributed by atoms with Crippen LogP contribution in [0.4, 0.5) is 0 Å². The summed E-state index contributed by atoms with van der Waals surface area (Å²) < 4.78 is 4.43. The van der Waals surface area contributed by atoms with Crippen molar-refractivity contribution in [2.45, 2.75) is 20.3 Å². The summed E-state index contributed by atoms with van der Waals surface area (Å²) in [5.41, 5.74) is 5.02. The minimum atomic E-state index is -0.796. The van der Waals surface area contributed by atoms with Gasteiger partial charge in [0.15, 0.2) is 0 Å². The van der Waals surface area contributed by atoms with Crippen LogP contribution in [0.15, 0.2) is 0 Å². The Labute approximate surface area is 72.1 Å². The smallest absolute Gasteiger partial charge is 0.318 e. The summed E-state index contributed by atoms with van der Waals surface area (Å²) in [5, 5.41) is 0. The van der Waals surface area contributed by atoms with E-state index in [-0.39, 0.29) is 5.92 Å². The zero-order valence-corrected chi connectivity index (χ0v) is 7.66. The van der Waals surface area contributed by atoms with Gasteiger partial charge in [0, 0.05) is 0 Å². The first-order chi connectivity index (χ1) is 5.49. The van der Waals surface area contributed by atoms with Gasteiger partial charge in [0.2, 0.25) is 5.91 Å². The van der Waals surface area contributed by atoms with Gasteiger partial charge in [-0.05, 0) is 12.3 Å². The zero-order valence-electron chi connectivity index (χ0n) is 7.66. The van der Waals surface area contributed by atoms with E-state index in [0.717, 1.165) is 0 Å². The first-order valence-electron chi connectivity index (χ1n) is 3.86. The number of rotatable bonds is 4. The van der Waals surface area contributed by atoms with Crippen LogP contribution in [0.1, 0.15) is 20.3 Å². The molecule has 70 valence electrons. The lowest BCUT2D eigenvalue weighted by molar-refractivity contribution is -0.149. The molecule has 0 aliphatic carbocycles. The molecule has 0 heterocycles. The molecule has 2 N–H and O–H groups in total. The van der Waals surface area contributed by atoms with Gasteiger partial charge in [-0.3, -0.25) is 9.59 Å². The van der Waals surface area contributed by atoms with Crippen LogP contribution in [0, 0.1) is 11.8 Å². The highest BCUT2D eigenvalue weighted by atomic mass is 16.5. The van der Waals surface area contributed by atoms with Crippen molar-refractivity contribution in [3.05, 3.63) is 0 Å². The van der Waals surface area contributed by atoms with Crippen LogP contribution in [0.25, 0.3) is 0 Å². The maximum atomic E-state index is 11.0. The molecule has 0 fully saturated rings. The average Bonchev–Trinajstić information content (AvgIpc) is 1.98. The summed E-state index contributed by atoms with van der Waals surface area (Å²) in [4.78, 5) is 21.7. The van der Waals surface area contributed by atoms with Gasteiger partial charge >= 0.3 is 5.97 Å². The third kappa shape index (κ3) is 3.37. The normalized spacial score (nSPS) is 12.7. The van der Waals surface area contributed by atoms with Crippen molar-refractivity contribution in [3.8, 4) is 0 Å². The van der Waals surface area contributed by atoms with E-state index in [1.54, 1.807) is 0 Å². The maximum absolute atomic E-state index is 11.0. The van der Waals surface area contributed by atoms with E-state index in [1.807, 2.05) is 13.8 Å². The highest BCUT2D eigenvalue weighted by molar-refractivity contribution is 5.96. The second kappa shape index (κ2) is 4.74. The Morgan fingerprint density at radius 1 is 1.42 bits per heavy atom. The van der Waals surface area contributed by atoms with Crippen LogP contribution in [-0.2, 0) is 14.3 Å². The van der Waals surface area contributed by atoms with Gasteiger partial charge in [-0.15, -0.1) is 0 Å². The lowest BCUT2D eigenvalue weighted by Crippen LogP contribution is -2.32. The maximum Gasteiger partial charge on any atom is 0.318 e. The van der Waals surface area contributed by atoms with Gasteiger partial charge < -0.3 is 10.5 Å². The fraction of sp³-hybridized carbons (Fsp3) is 0.750. The molecular weight excluding hydrogens is 158 g/mol. The molecule has 1 unspecified atom stereocenters. The van der Waals surface area contributed by atoms with Gasteiger partial charge in [0.25, 0.3) is 0 Å². The van der Waals surface area contributed by atoms with E-state index in [4.69, 9.17) is 5.73 Å². The Hall–Kier alpha value is -1.06. The number of methoxy groups -OCH3 is 1. The molecule has 0 aliphatic rings. The van der Waals surface area contributed by atoms with Crippen LogP contribution in [-0.4, -0.2) is 19.0 Å². The summed E-state index contributed by atoms with van der Waals surface area (Å²) in [6, 6.07) is 0. The van der Waals surface area contributed by atoms with Gasteiger partial charge in [-0.1, -0.05) is 13.8 Å². The largest absolute Gasteiger partial charge is 0.468 e. The second-order valence-corrected chi connectivity index (χ2v) is 3.11. The van der Waals surface area contributed by atoms with Crippen LogP contribution < -0.4 is 5.73 Å². The van der Waals surface area contributed by atoms with Gasteiger partial charge in [-0.2, -0.15) is 0 Å². The number of hydrogen-bond acceptors (Lipinski definition) is 3. The molecule has 0 radical (unpaired) electrons. The van der Waals surface area contributed by atoms with Gasteiger partial charge in [0.05, 0.1) is 7.11 Å². The molecule has 0 spiro atoms. The van der Waals surface area contributed by atoms with Crippen molar-refractivity contribution >= 4 is 11.9 Å². The fourth-order valence-corrected chi connectivity index (χ4v) is 0.942. The first kappa shape index (κ1) is 10.9. The molecular formula is C8H15NO3. The minimum absolute atomic E-state index is 0.251.